The second-order valence-corrected chi connectivity index (χ2v) is 6.56. The van der Waals surface area contributed by atoms with Gasteiger partial charge in [-0.1, -0.05) is 34.1 Å². The molecular weight excluding hydrogens is 258 g/mol. The quantitative estimate of drug-likeness (QED) is 0.835. The van der Waals surface area contributed by atoms with Crippen molar-refractivity contribution in [1.29, 1.82) is 0 Å². The fourth-order valence-corrected chi connectivity index (χ4v) is 3.88. The fourth-order valence-electron chi connectivity index (χ4n) is 3.88. The molecule has 0 spiro atoms. The molecule has 120 valence electrons. The van der Waals surface area contributed by atoms with Gasteiger partial charge < -0.3 is 5.73 Å². The lowest BCUT2D eigenvalue weighted by molar-refractivity contribution is 0.252. The van der Waals surface area contributed by atoms with Gasteiger partial charge in [0.05, 0.1) is 11.7 Å². The average molecular weight is 291 g/mol. The van der Waals surface area contributed by atoms with Crippen LogP contribution in [0.3, 0.4) is 0 Å². The lowest BCUT2D eigenvalue weighted by Crippen LogP contribution is -2.21. The van der Waals surface area contributed by atoms with E-state index in [9.17, 15) is 0 Å². The summed E-state index contributed by atoms with van der Waals surface area (Å²) >= 11 is 0. The summed E-state index contributed by atoms with van der Waals surface area (Å²) in [5.41, 5.74) is 10.4. The van der Waals surface area contributed by atoms with E-state index in [1.807, 2.05) is 0 Å². The molecule has 3 nitrogen and oxygen atoms in total. The Kier molecular flexibility index (Phi) is 5.86. The largest absolute Gasteiger partial charge is 0.324 e. The Morgan fingerprint density at radius 1 is 1.10 bits per heavy atom. The van der Waals surface area contributed by atoms with Gasteiger partial charge >= 0.3 is 0 Å². The molecule has 0 aromatic carbocycles. The second kappa shape index (κ2) is 7.44. The van der Waals surface area contributed by atoms with Crippen molar-refractivity contribution < 1.29 is 0 Å². The number of hydrogen-bond donors (Lipinski definition) is 1. The van der Waals surface area contributed by atoms with E-state index >= 15 is 0 Å². The van der Waals surface area contributed by atoms with Gasteiger partial charge in [0.25, 0.3) is 0 Å². The maximum Gasteiger partial charge on any atom is 0.0672 e. The summed E-state index contributed by atoms with van der Waals surface area (Å²) in [7, 11) is 0. The molecule has 1 aliphatic carbocycles. The Balaban J connectivity index is 2.29. The van der Waals surface area contributed by atoms with E-state index < -0.39 is 0 Å². The summed E-state index contributed by atoms with van der Waals surface area (Å²) in [6.45, 7) is 8.94. The molecular formula is C18H33N3. The SMILES string of the molecule is CCc1nn(C2CCC(CC)CC2)c(CC)c1C(N)CC. The van der Waals surface area contributed by atoms with E-state index in [-0.39, 0.29) is 6.04 Å². The van der Waals surface area contributed by atoms with Crippen molar-refractivity contribution in [3.63, 3.8) is 0 Å². The van der Waals surface area contributed by atoms with Crippen LogP contribution in [-0.4, -0.2) is 9.78 Å². The molecule has 1 heterocycles. The van der Waals surface area contributed by atoms with Crippen LogP contribution in [-0.2, 0) is 12.8 Å². The van der Waals surface area contributed by atoms with Crippen LogP contribution < -0.4 is 5.73 Å². The van der Waals surface area contributed by atoms with Gasteiger partial charge in [0, 0.05) is 17.3 Å². The summed E-state index contributed by atoms with van der Waals surface area (Å²) in [6.07, 6.45) is 9.67. The zero-order valence-electron chi connectivity index (χ0n) is 14.4. The number of nitrogens with zero attached hydrogens (tertiary/aromatic N) is 2. The minimum absolute atomic E-state index is 0.149. The lowest BCUT2D eigenvalue weighted by atomic mass is 9.84. The Morgan fingerprint density at radius 3 is 2.24 bits per heavy atom. The molecule has 1 atom stereocenters. The van der Waals surface area contributed by atoms with Crippen LogP contribution in [0.4, 0.5) is 0 Å². The minimum Gasteiger partial charge on any atom is -0.324 e. The lowest BCUT2D eigenvalue weighted by Gasteiger charge is -2.29. The van der Waals surface area contributed by atoms with Crippen LogP contribution in [0.1, 0.15) is 95.3 Å². The Labute approximate surface area is 130 Å². The molecule has 0 radical (unpaired) electrons. The number of rotatable bonds is 6. The summed E-state index contributed by atoms with van der Waals surface area (Å²) in [6, 6.07) is 0.751. The summed E-state index contributed by atoms with van der Waals surface area (Å²) in [4.78, 5) is 0. The van der Waals surface area contributed by atoms with Crippen LogP contribution in [0.15, 0.2) is 0 Å². The van der Waals surface area contributed by atoms with Gasteiger partial charge in [-0.2, -0.15) is 5.10 Å². The highest BCUT2D eigenvalue weighted by atomic mass is 15.3. The van der Waals surface area contributed by atoms with E-state index in [2.05, 4.69) is 32.4 Å². The molecule has 0 aliphatic heterocycles. The average Bonchev–Trinajstić information content (AvgIpc) is 2.92. The molecule has 1 aliphatic rings. The van der Waals surface area contributed by atoms with Crippen LogP contribution in [0.5, 0.6) is 0 Å². The predicted octanol–water partition coefficient (Wildman–Crippen LogP) is 4.56. The van der Waals surface area contributed by atoms with E-state index in [0.29, 0.717) is 6.04 Å². The highest BCUT2D eigenvalue weighted by Gasteiger charge is 2.27. The first kappa shape index (κ1) is 16.5. The van der Waals surface area contributed by atoms with Gasteiger partial charge in [0.2, 0.25) is 0 Å². The van der Waals surface area contributed by atoms with Gasteiger partial charge in [-0.15, -0.1) is 0 Å². The van der Waals surface area contributed by atoms with E-state index in [1.54, 1.807) is 0 Å². The zero-order chi connectivity index (χ0) is 15.4. The normalized spacial score (nSPS) is 24.2. The van der Waals surface area contributed by atoms with Crippen molar-refractivity contribution in [2.24, 2.45) is 11.7 Å². The third kappa shape index (κ3) is 3.33. The maximum absolute atomic E-state index is 6.38. The minimum atomic E-state index is 0.149. The van der Waals surface area contributed by atoms with Gasteiger partial charge in [0.1, 0.15) is 0 Å². The summed E-state index contributed by atoms with van der Waals surface area (Å²) in [5, 5.41) is 4.98. The van der Waals surface area contributed by atoms with Gasteiger partial charge in [-0.25, -0.2) is 0 Å². The molecule has 0 bridgehead atoms. The summed E-state index contributed by atoms with van der Waals surface area (Å²) in [5.74, 6) is 0.935. The molecule has 21 heavy (non-hydrogen) atoms. The Hall–Kier alpha value is -0.830. The number of aromatic nitrogens is 2. The Bertz CT molecular complexity index is 442. The van der Waals surface area contributed by atoms with Gasteiger partial charge in [-0.3, -0.25) is 4.68 Å². The first-order valence-electron chi connectivity index (χ1n) is 9.01. The monoisotopic (exact) mass is 291 g/mol. The van der Waals surface area contributed by atoms with Crippen molar-refractivity contribution in [2.75, 3.05) is 0 Å². The molecule has 3 heteroatoms. The third-order valence-corrected chi connectivity index (χ3v) is 5.35. The van der Waals surface area contributed by atoms with E-state index in [0.717, 1.165) is 25.2 Å². The Morgan fingerprint density at radius 2 is 1.76 bits per heavy atom. The molecule has 0 amide bonds. The fraction of sp³-hybridized carbons (Fsp3) is 0.833. The van der Waals surface area contributed by atoms with Crippen LogP contribution in [0.2, 0.25) is 0 Å². The van der Waals surface area contributed by atoms with E-state index in [1.165, 1.54) is 49.1 Å². The number of nitrogens with two attached hydrogens (primary N) is 1. The van der Waals surface area contributed by atoms with Crippen LogP contribution in [0, 0.1) is 5.92 Å². The van der Waals surface area contributed by atoms with Crippen molar-refractivity contribution in [1.82, 2.24) is 9.78 Å². The van der Waals surface area contributed by atoms with Gasteiger partial charge in [0.15, 0.2) is 0 Å². The molecule has 1 aromatic rings. The number of hydrogen-bond acceptors (Lipinski definition) is 2. The van der Waals surface area contributed by atoms with Crippen molar-refractivity contribution in [2.45, 2.75) is 91.1 Å². The third-order valence-electron chi connectivity index (χ3n) is 5.35. The van der Waals surface area contributed by atoms with Gasteiger partial charge in [-0.05, 0) is 50.9 Å². The topological polar surface area (TPSA) is 43.8 Å². The van der Waals surface area contributed by atoms with Crippen molar-refractivity contribution in [3.8, 4) is 0 Å². The second-order valence-electron chi connectivity index (χ2n) is 6.56. The van der Waals surface area contributed by atoms with Crippen molar-refractivity contribution in [3.05, 3.63) is 17.0 Å². The molecule has 1 saturated carbocycles. The molecule has 1 unspecified atom stereocenters. The van der Waals surface area contributed by atoms with Crippen molar-refractivity contribution >= 4 is 0 Å². The molecule has 1 fully saturated rings. The highest BCUT2D eigenvalue weighted by Crippen LogP contribution is 2.36. The molecule has 2 N–H and O–H groups in total. The molecule has 1 aromatic heterocycles. The zero-order valence-corrected chi connectivity index (χ0v) is 14.4. The smallest absolute Gasteiger partial charge is 0.0672 e. The van der Waals surface area contributed by atoms with E-state index in [4.69, 9.17) is 10.8 Å². The number of aryl methyl sites for hydroxylation is 1. The first-order valence-corrected chi connectivity index (χ1v) is 9.01. The summed E-state index contributed by atoms with van der Waals surface area (Å²) < 4.78 is 2.36. The first-order chi connectivity index (χ1) is 10.2. The maximum atomic E-state index is 6.38. The highest BCUT2D eigenvalue weighted by molar-refractivity contribution is 5.30. The molecule has 2 rings (SSSR count). The predicted molar refractivity (Wildman–Crippen MR) is 89.5 cm³/mol. The standard InChI is InChI=1S/C18H33N3/c1-5-13-9-11-14(12-10-13)21-17(8-4)18(15(19)6-2)16(7-3)20-21/h13-15H,5-12,19H2,1-4H3. The van der Waals surface area contributed by atoms with Crippen LogP contribution in [0.25, 0.3) is 0 Å². The van der Waals surface area contributed by atoms with Crippen LogP contribution >= 0.6 is 0 Å². The molecule has 0 saturated heterocycles.